The average molecular weight is 291 g/mol. The molecule has 0 spiro atoms. The zero-order chi connectivity index (χ0) is 12.2. The van der Waals surface area contributed by atoms with Crippen molar-refractivity contribution in [2.75, 3.05) is 0 Å². The highest BCUT2D eigenvalue weighted by Gasteiger charge is 2.14. The number of aldehydes is 1. The molecule has 0 aliphatic heterocycles. The van der Waals surface area contributed by atoms with Gasteiger partial charge in [0, 0.05) is 24.0 Å². The van der Waals surface area contributed by atoms with Crippen LogP contribution in [0, 0.1) is 0 Å². The third kappa shape index (κ3) is 1.30. The summed E-state index contributed by atoms with van der Waals surface area (Å²) in [6.45, 7) is 0. The van der Waals surface area contributed by atoms with Gasteiger partial charge in [0.2, 0.25) is 0 Å². The number of aromatic nitrogens is 2. The van der Waals surface area contributed by atoms with E-state index in [0.29, 0.717) is 5.69 Å². The second-order valence-corrected chi connectivity index (χ2v) is 5.12. The van der Waals surface area contributed by atoms with Crippen LogP contribution in [-0.4, -0.2) is 15.4 Å². The highest BCUT2D eigenvalue weighted by molar-refractivity contribution is 9.10. The van der Waals surface area contributed by atoms with Crippen molar-refractivity contribution >= 4 is 44.2 Å². The molecule has 0 N–H and O–H groups in total. The fraction of sp³-hybridized carbons (Fsp3) is 0.154. The van der Waals surface area contributed by atoms with Crippen LogP contribution in [-0.2, 0) is 14.1 Å². The average Bonchev–Trinajstić information content (AvgIpc) is 2.77. The van der Waals surface area contributed by atoms with Crippen molar-refractivity contribution in [2.24, 2.45) is 14.1 Å². The van der Waals surface area contributed by atoms with Crippen LogP contribution in [0.15, 0.2) is 28.7 Å². The van der Waals surface area contributed by atoms with E-state index < -0.39 is 0 Å². The summed E-state index contributed by atoms with van der Waals surface area (Å²) in [4.78, 5) is 11.0. The van der Waals surface area contributed by atoms with Crippen LogP contribution in [0.25, 0.3) is 21.9 Å². The summed E-state index contributed by atoms with van der Waals surface area (Å²) < 4.78 is 5.10. The van der Waals surface area contributed by atoms with E-state index in [-0.39, 0.29) is 0 Å². The number of hydrogen-bond donors (Lipinski definition) is 0. The van der Waals surface area contributed by atoms with Crippen LogP contribution in [0.4, 0.5) is 0 Å². The van der Waals surface area contributed by atoms with Gasteiger partial charge >= 0.3 is 0 Å². The van der Waals surface area contributed by atoms with Crippen molar-refractivity contribution in [3.05, 3.63) is 34.4 Å². The van der Waals surface area contributed by atoms with Crippen LogP contribution in [0.5, 0.6) is 0 Å². The quantitative estimate of drug-likeness (QED) is 0.632. The Kier molecular flexibility index (Phi) is 2.16. The molecule has 86 valence electrons. The molecule has 3 nitrogen and oxygen atoms in total. The number of halogens is 1. The first-order valence-electron chi connectivity index (χ1n) is 5.32. The monoisotopic (exact) mass is 290 g/mol. The molecule has 3 aromatic rings. The van der Waals surface area contributed by atoms with Crippen molar-refractivity contribution < 1.29 is 4.79 Å². The molecule has 0 fully saturated rings. The molecule has 0 unspecified atom stereocenters. The number of rotatable bonds is 1. The van der Waals surface area contributed by atoms with Gasteiger partial charge in [0.25, 0.3) is 0 Å². The van der Waals surface area contributed by atoms with Crippen molar-refractivity contribution in [1.82, 2.24) is 9.13 Å². The van der Waals surface area contributed by atoms with Crippen LogP contribution in [0.3, 0.4) is 0 Å². The number of benzene rings is 1. The molecule has 2 heterocycles. The number of aryl methyl sites for hydroxylation is 2. The lowest BCUT2D eigenvalue weighted by atomic mass is 10.2. The van der Waals surface area contributed by atoms with E-state index in [4.69, 9.17) is 0 Å². The topological polar surface area (TPSA) is 26.9 Å². The Balaban J connectivity index is 2.60. The second-order valence-electron chi connectivity index (χ2n) is 4.20. The Hall–Kier alpha value is -1.55. The Bertz CT molecular complexity index is 752. The van der Waals surface area contributed by atoms with Gasteiger partial charge in [0.1, 0.15) is 0 Å². The summed E-state index contributed by atoms with van der Waals surface area (Å²) in [6, 6.07) is 8.13. The third-order valence-electron chi connectivity index (χ3n) is 3.31. The maximum atomic E-state index is 11.0. The van der Waals surface area contributed by atoms with E-state index in [2.05, 4.69) is 32.6 Å². The summed E-state index contributed by atoms with van der Waals surface area (Å²) in [6.07, 6.45) is 0.893. The maximum Gasteiger partial charge on any atom is 0.166 e. The number of carbonyl (C=O) groups is 1. The molecule has 0 saturated carbocycles. The molecule has 1 aromatic carbocycles. The standard InChI is InChI=1S/C13H11BrN2O/c1-15-9(7-17)6-12-13(15)10-5-8(14)3-4-11(10)16(12)2/h3-7H,1-2H3. The number of fused-ring (bicyclic) bond motifs is 3. The Morgan fingerprint density at radius 3 is 2.59 bits per heavy atom. The molecule has 3 rings (SSSR count). The van der Waals surface area contributed by atoms with E-state index in [1.54, 1.807) is 0 Å². The van der Waals surface area contributed by atoms with Crippen molar-refractivity contribution in [2.45, 2.75) is 0 Å². The fourth-order valence-electron chi connectivity index (χ4n) is 2.41. The summed E-state index contributed by atoms with van der Waals surface area (Å²) in [5.41, 5.74) is 4.06. The third-order valence-corrected chi connectivity index (χ3v) is 3.80. The lowest BCUT2D eigenvalue weighted by Crippen LogP contribution is -1.93. The first kappa shape index (κ1) is 10.6. The van der Waals surface area contributed by atoms with E-state index >= 15 is 0 Å². The van der Waals surface area contributed by atoms with Crippen molar-refractivity contribution in [1.29, 1.82) is 0 Å². The minimum Gasteiger partial charge on any atom is -0.342 e. The minimum absolute atomic E-state index is 0.701. The lowest BCUT2D eigenvalue weighted by Gasteiger charge is -1.99. The van der Waals surface area contributed by atoms with Gasteiger partial charge < -0.3 is 9.13 Å². The van der Waals surface area contributed by atoms with Crippen molar-refractivity contribution in [3.8, 4) is 0 Å². The second kappa shape index (κ2) is 3.47. The summed E-state index contributed by atoms with van der Waals surface area (Å²) in [7, 11) is 3.94. The molecule has 0 aliphatic rings. The SMILES string of the molecule is Cn1c(C=O)cc2c1c1cc(Br)ccc1n2C. The van der Waals surface area contributed by atoms with Crippen LogP contribution in [0.2, 0.25) is 0 Å². The maximum absolute atomic E-state index is 11.0. The number of hydrogen-bond acceptors (Lipinski definition) is 1. The number of carbonyl (C=O) groups excluding carboxylic acids is 1. The summed E-state index contributed by atoms with van der Waals surface area (Å²) in [5, 5.41) is 1.16. The van der Waals surface area contributed by atoms with Gasteiger partial charge in [-0.15, -0.1) is 0 Å². The molecule has 4 heteroatoms. The molecule has 0 atom stereocenters. The van der Waals surface area contributed by atoms with Crippen LogP contribution >= 0.6 is 15.9 Å². The van der Waals surface area contributed by atoms with Gasteiger partial charge in [0.05, 0.1) is 22.2 Å². The molecule has 0 radical (unpaired) electrons. The number of nitrogens with zero attached hydrogens (tertiary/aromatic N) is 2. The molecular weight excluding hydrogens is 280 g/mol. The van der Waals surface area contributed by atoms with Gasteiger partial charge in [-0.2, -0.15) is 0 Å². The highest BCUT2D eigenvalue weighted by Crippen LogP contribution is 2.31. The Morgan fingerprint density at radius 1 is 1.12 bits per heavy atom. The molecule has 2 aromatic heterocycles. The summed E-state index contributed by atoms with van der Waals surface area (Å²) >= 11 is 3.49. The van der Waals surface area contributed by atoms with Gasteiger partial charge in [-0.05, 0) is 24.3 Å². The normalized spacial score (nSPS) is 11.5. The van der Waals surface area contributed by atoms with E-state index in [1.807, 2.05) is 30.8 Å². The molecule has 0 amide bonds. The minimum atomic E-state index is 0.701. The fourth-order valence-corrected chi connectivity index (χ4v) is 2.77. The zero-order valence-corrected chi connectivity index (χ0v) is 11.2. The highest BCUT2D eigenvalue weighted by atomic mass is 79.9. The smallest absolute Gasteiger partial charge is 0.166 e. The van der Waals surface area contributed by atoms with Gasteiger partial charge in [0.15, 0.2) is 6.29 Å². The predicted octanol–water partition coefficient (Wildman–Crippen LogP) is 3.25. The molecule has 0 bridgehead atoms. The van der Waals surface area contributed by atoms with Gasteiger partial charge in [-0.3, -0.25) is 4.79 Å². The lowest BCUT2D eigenvalue weighted by molar-refractivity contribution is 0.111. The van der Waals surface area contributed by atoms with Gasteiger partial charge in [-0.25, -0.2) is 0 Å². The molecule has 0 aliphatic carbocycles. The van der Waals surface area contributed by atoms with Gasteiger partial charge in [-0.1, -0.05) is 15.9 Å². The molecule has 0 saturated heterocycles. The van der Waals surface area contributed by atoms with E-state index in [1.165, 1.54) is 5.52 Å². The van der Waals surface area contributed by atoms with Crippen molar-refractivity contribution in [3.63, 3.8) is 0 Å². The molecular formula is C13H11BrN2O. The Labute approximate surface area is 107 Å². The summed E-state index contributed by atoms with van der Waals surface area (Å²) in [5.74, 6) is 0. The zero-order valence-electron chi connectivity index (χ0n) is 9.57. The largest absolute Gasteiger partial charge is 0.342 e. The van der Waals surface area contributed by atoms with E-state index in [0.717, 1.165) is 27.2 Å². The predicted molar refractivity (Wildman–Crippen MR) is 72.5 cm³/mol. The van der Waals surface area contributed by atoms with Crippen LogP contribution in [0.1, 0.15) is 10.5 Å². The van der Waals surface area contributed by atoms with E-state index in [9.17, 15) is 4.79 Å². The first-order chi connectivity index (χ1) is 8.13. The Morgan fingerprint density at radius 2 is 1.88 bits per heavy atom. The first-order valence-corrected chi connectivity index (χ1v) is 6.11. The molecule has 17 heavy (non-hydrogen) atoms. The van der Waals surface area contributed by atoms with Crippen LogP contribution < -0.4 is 0 Å².